The molecule has 2 aliphatic rings. The Bertz CT molecular complexity index is 921. The molecule has 0 radical (unpaired) electrons. The molecule has 2 heterocycles. The summed E-state index contributed by atoms with van der Waals surface area (Å²) in [5, 5.41) is 40.0. The highest BCUT2D eigenvalue weighted by atomic mass is 16.4. The van der Waals surface area contributed by atoms with Crippen molar-refractivity contribution in [3.63, 3.8) is 0 Å². The molecule has 0 spiro atoms. The van der Waals surface area contributed by atoms with Gasteiger partial charge in [0.25, 0.3) is 5.91 Å². The molecular formula is C21H24N6O5. The molecule has 1 aliphatic heterocycles. The minimum Gasteiger partial charge on any atom is -0.478 e. The summed E-state index contributed by atoms with van der Waals surface area (Å²) in [7, 11) is 0. The van der Waals surface area contributed by atoms with Crippen molar-refractivity contribution in [1.29, 1.82) is 10.5 Å². The predicted octanol–water partition coefficient (Wildman–Crippen LogP) is 0.714. The van der Waals surface area contributed by atoms with Crippen molar-refractivity contribution >= 4 is 23.7 Å². The number of carboxylic acid groups (broad SMARTS) is 2. The average Bonchev–Trinajstić information content (AvgIpc) is 3.31. The van der Waals surface area contributed by atoms with E-state index in [9.17, 15) is 19.6 Å². The van der Waals surface area contributed by atoms with Crippen LogP contribution >= 0.6 is 0 Å². The molecule has 3 rings (SSSR count). The van der Waals surface area contributed by atoms with E-state index in [2.05, 4.69) is 21.7 Å². The fraction of sp³-hybridized carbons (Fsp3) is 0.429. The molecule has 0 bridgehead atoms. The lowest BCUT2D eigenvalue weighted by Gasteiger charge is -2.24. The maximum absolute atomic E-state index is 12.5. The number of hydrogen-bond acceptors (Lipinski definition) is 8. The monoisotopic (exact) mass is 440 g/mol. The molecule has 1 saturated heterocycles. The van der Waals surface area contributed by atoms with Crippen molar-refractivity contribution in [2.75, 3.05) is 25.0 Å². The number of hydrogen-bond donors (Lipinski definition) is 4. The Morgan fingerprint density at radius 1 is 1.16 bits per heavy atom. The number of rotatable bonds is 8. The standard InChI is InChI=1S/C17H20N6O.C4H4O4/c18-9-13-3-4-15(20-11-13)21-12-17(5-6-17)22-16(24)14(10-19)23-7-1-2-8-23;5-3(6)1-2-4(7)8/h3-4,11,14H,1-2,5-8,12H2,(H,20,21)(H,22,24);1-2H,(H,5,6)(H,7,8)/t14-;/m0./s1. The third-order valence-corrected chi connectivity index (χ3v) is 4.99. The largest absolute Gasteiger partial charge is 0.478 e. The van der Waals surface area contributed by atoms with Gasteiger partial charge in [-0.15, -0.1) is 0 Å². The van der Waals surface area contributed by atoms with Crippen molar-refractivity contribution < 1.29 is 24.6 Å². The molecule has 1 saturated carbocycles. The molecule has 11 nitrogen and oxygen atoms in total. The summed E-state index contributed by atoms with van der Waals surface area (Å²) in [5.41, 5.74) is 0.221. The Hall–Kier alpha value is -3.96. The van der Waals surface area contributed by atoms with Crippen LogP contribution in [0.4, 0.5) is 5.82 Å². The van der Waals surface area contributed by atoms with Gasteiger partial charge in [-0.2, -0.15) is 10.5 Å². The second kappa shape index (κ2) is 11.4. The van der Waals surface area contributed by atoms with E-state index in [0.717, 1.165) is 38.8 Å². The number of nitriles is 2. The van der Waals surface area contributed by atoms with Crippen LogP contribution in [0.5, 0.6) is 0 Å². The third kappa shape index (κ3) is 7.70. The van der Waals surface area contributed by atoms with Crippen molar-refractivity contribution in [3.05, 3.63) is 36.0 Å². The second-order valence-corrected chi connectivity index (χ2v) is 7.45. The number of anilines is 1. The van der Waals surface area contributed by atoms with E-state index in [-0.39, 0.29) is 11.4 Å². The van der Waals surface area contributed by atoms with Crippen LogP contribution in [0.2, 0.25) is 0 Å². The van der Waals surface area contributed by atoms with E-state index in [4.69, 9.17) is 15.5 Å². The summed E-state index contributed by atoms with van der Waals surface area (Å²) < 4.78 is 0. The molecular weight excluding hydrogens is 416 g/mol. The molecule has 32 heavy (non-hydrogen) atoms. The van der Waals surface area contributed by atoms with Crippen LogP contribution in [0.15, 0.2) is 30.5 Å². The SMILES string of the molecule is N#Cc1ccc(NCC2(NC(=O)[C@H](C#N)N3CCCC3)CC2)nc1.O=C(O)C=CC(=O)O. The Labute approximate surface area is 185 Å². The first-order valence-corrected chi connectivity index (χ1v) is 9.98. The van der Waals surface area contributed by atoms with Crippen molar-refractivity contribution in [2.45, 2.75) is 37.3 Å². The summed E-state index contributed by atoms with van der Waals surface area (Å²) >= 11 is 0. The van der Waals surface area contributed by atoms with Gasteiger partial charge in [-0.25, -0.2) is 14.6 Å². The van der Waals surface area contributed by atoms with Crippen LogP contribution in [-0.2, 0) is 14.4 Å². The van der Waals surface area contributed by atoms with Gasteiger partial charge in [0.05, 0.1) is 17.2 Å². The molecule has 2 fully saturated rings. The van der Waals surface area contributed by atoms with Crippen molar-refractivity contribution in [3.8, 4) is 12.1 Å². The lowest BCUT2D eigenvalue weighted by atomic mass is 10.2. The second-order valence-electron chi connectivity index (χ2n) is 7.45. The number of nitrogens with zero attached hydrogens (tertiary/aromatic N) is 4. The van der Waals surface area contributed by atoms with Crippen LogP contribution in [0.3, 0.4) is 0 Å². The average molecular weight is 440 g/mol. The molecule has 0 unspecified atom stereocenters. The highest BCUT2D eigenvalue weighted by molar-refractivity contribution is 5.89. The number of aromatic nitrogens is 1. The summed E-state index contributed by atoms with van der Waals surface area (Å²) in [4.78, 5) is 37.7. The Morgan fingerprint density at radius 3 is 2.22 bits per heavy atom. The van der Waals surface area contributed by atoms with Crippen LogP contribution in [0, 0.1) is 22.7 Å². The molecule has 11 heteroatoms. The topological polar surface area (TPSA) is 179 Å². The van der Waals surface area contributed by atoms with Gasteiger partial charge >= 0.3 is 11.9 Å². The number of likely N-dealkylation sites (tertiary alicyclic amines) is 1. The minimum absolute atomic E-state index is 0.202. The number of carbonyl (C=O) groups is 3. The van der Waals surface area contributed by atoms with Crippen LogP contribution in [0.1, 0.15) is 31.2 Å². The number of aliphatic carboxylic acids is 2. The van der Waals surface area contributed by atoms with Gasteiger partial charge in [0.1, 0.15) is 11.9 Å². The molecule has 1 aromatic heterocycles. The summed E-state index contributed by atoms with van der Waals surface area (Å²) in [6.45, 7) is 2.19. The number of carbonyl (C=O) groups excluding carboxylic acids is 1. The molecule has 1 aliphatic carbocycles. The van der Waals surface area contributed by atoms with E-state index in [1.54, 1.807) is 12.1 Å². The lowest BCUT2D eigenvalue weighted by Crippen LogP contribution is -2.51. The van der Waals surface area contributed by atoms with Gasteiger partial charge in [0.2, 0.25) is 0 Å². The summed E-state index contributed by atoms with van der Waals surface area (Å²) in [6, 6.07) is 6.91. The van der Waals surface area contributed by atoms with E-state index in [0.29, 0.717) is 30.1 Å². The minimum atomic E-state index is -1.26. The van der Waals surface area contributed by atoms with Crippen LogP contribution in [-0.4, -0.2) is 69.2 Å². The first-order chi connectivity index (χ1) is 15.3. The van der Waals surface area contributed by atoms with Gasteiger partial charge in [-0.3, -0.25) is 9.69 Å². The van der Waals surface area contributed by atoms with Gasteiger partial charge in [0.15, 0.2) is 6.04 Å². The number of carboxylic acids is 2. The smallest absolute Gasteiger partial charge is 0.328 e. The molecule has 1 amide bonds. The molecule has 1 aromatic rings. The normalized spacial score (nSPS) is 17.2. The molecule has 4 N–H and O–H groups in total. The fourth-order valence-electron chi connectivity index (χ4n) is 3.10. The third-order valence-electron chi connectivity index (χ3n) is 4.99. The number of nitrogens with one attached hydrogen (secondary N) is 2. The Kier molecular flexibility index (Phi) is 8.69. The maximum Gasteiger partial charge on any atom is 0.328 e. The van der Waals surface area contributed by atoms with Gasteiger partial charge in [-0.1, -0.05) is 0 Å². The Morgan fingerprint density at radius 2 is 1.78 bits per heavy atom. The number of pyridine rings is 1. The fourth-order valence-corrected chi connectivity index (χ4v) is 3.10. The quantitative estimate of drug-likeness (QED) is 0.421. The highest BCUT2D eigenvalue weighted by Crippen LogP contribution is 2.35. The summed E-state index contributed by atoms with van der Waals surface area (Å²) in [6.07, 6.45) is 6.50. The maximum atomic E-state index is 12.5. The van der Waals surface area contributed by atoms with E-state index >= 15 is 0 Å². The first-order valence-electron chi connectivity index (χ1n) is 9.98. The zero-order chi connectivity index (χ0) is 23.6. The zero-order valence-corrected chi connectivity index (χ0v) is 17.3. The molecule has 168 valence electrons. The van der Waals surface area contributed by atoms with Crippen molar-refractivity contribution in [1.82, 2.24) is 15.2 Å². The van der Waals surface area contributed by atoms with Gasteiger partial charge < -0.3 is 20.8 Å². The molecule has 1 atom stereocenters. The van der Waals surface area contributed by atoms with Crippen LogP contribution < -0.4 is 10.6 Å². The first kappa shape index (κ1) is 24.3. The van der Waals surface area contributed by atoms with E-state index in [1.165, 1.54) is 6.20 Å². The zero-order valence-electron chi connectivity index (χ0n) is 17.3. The predicted molar refractivity (Wildman–Crippen MR) is 112 cm³/mol. The highest BCUT2D eigenvalue weighted by Gasteiger charge is 2.45. The van der Waals surface area contributed by atoms with E-state index < -0.39 is 18.0 Å². The van der Waals surface area contributed by atoms with Crippen molar-refractivity contribution in [2.24, 2.45) is 0 Å². The lowest BCUT2D eigenvalue weighted by molar-refractivity contribution is -0.134. The van der Waals surface area contributed by atoms with E-state index in [1.807, 2.05) is 11.0 Å². The molecule has 0 aromatic carbocycles. The summed E-state index contributed by atoms with van der Waals surface area (Å²) in [5.74, 6) is -2.04. The number of amides is 1. The Balaban J connectivity index is 0.000000390. The van der Waals surface area contributed by atoms with Gasteiger partial charge in [0, 0.05) is 24.9 Å². The van der Waals surface area contributed by atoms with Gasteiger partial charge in [-0.05, 0) is 50.9 Å². The van der Waals surface area contributed by atoms with Crippen LogP contribution in [0.25, 0.3) is 0 Å².